The Morgan fingerprint density at radius 1 is 0.793 bits per heavy atom. The van der Waals surface area contributed by atoms with Crippen LogP contribution in [0.1, 0.15) is 36.4 Å². The number of aryl methyl sites for hydroxylation is 1. The van der Waals surface area contributed by atoms with Crippen molar-refractivity contribution >= 4 is 5.95 Å². The van der Waals surface area contributed by atoms with E-state index in [9.17, 15) is 0 Å². The first-order chi connectivity index (χ1) is 14.1. The number of rotatable bonds is 4. The van der Waals surface area contributed by atoms with Crippen molar-refractivity contribution in [2.45, 2.75) is 31.6 Å². The van der Waals surface area contributed by atoms with Gasteiger partial charge in [0.15, 0.2) is 5.76 Å². The topological polar surface area (TPSA) is 90.7 Å². The summed E-state index contributed by atoms with van der Waals surface area (Å²) in [5.41, 5.74) is 10.6. The lowest BCUT2D eigenvalue weighted by Gasteiger charge is -2.39. The van der Waals surface area contributed by atoms with Gasteiger partial charge in [-0.15, -0.1) is 0 Å². The maximum absolute atomic E-state index is 6.21. The lowest BCUT2D eigenvalue weighted by atomic mass is 9.64. The number of aromatic nitrogens is 4. The highest BCUT2D eigenvalue weighted by atomic mass is 16.4. The molecule has 6 nitrogen and oxygen atoms in total. The fourth-order valence-electron chi connectivity index (χ4n) is 3.87. The van der Waals surface area contributed by atoms with Gasteiger partial charge in [-0.25, -0.2) is 15.0 Å². The van der Waals surface area contributed by atoms with E-state index in [1.807, 2.05) is 31.5 Å². The lowest BCUT2D eigenvalue weighted by Crippen LogP contribution is -2.35. The Morgan fingerprint density at radius 3 is 2.10 bits per heavy atom. The Balaban J connectivity index is 1.46. The summed E-state index contributed by atoms with van der Waals surface area (Å²) in [4.78, 5) is 17.2. The Labute approximate surface area is 168 Å². The molecule has 0 unspecified atom stereocenters. The molecule has 1 aliphatic carbocycles. The molecule has 3 aromatic heterocycles. The van der Waals surface area contributed by atoms with Crippen molar-refractivity contribution in [3.63, 3.8) is 0 Å². The summed E-state index contributed by atoms with van der Waals surface area (Å²) in [6.45, 7) is 1.97. The minimum Gasteiger partial charge on any atom is -0.440 e. The van der Waals surface area contributed by atoms with Crippen LogP contribution >= 0.6 is 0 Å². The molecule has 0 amide bonds. The number of hydrogen-bond acceptors (Lipinski definition) is 6. The van der Waals surface area contributed by atoms with Crippen LogP contribution in [0.4, 0.5) is 5.95 Å². The zero-order valence-corrected chi connectivity index (χ0v) is 16.2. The van der Waals surface area contributed by atoms with Crippen molar-refractivity contribution in [3.05, 3.63) is 78.3 Å². The largest absolute Gasteiger partial charge is 0.440 e. The van der Waals surface area contributed by atoms with Crippen LogP contribution in [0.25, 0.3) is 22.5 Å². The number of hydrogen-bond donors (Lipinski definition) is 1. The molecule has 1 aliphatic rings. The molecule has 0 atom stereocenters. The predicted molar refractivity (Wildman–Crippen MR) is 111 cm³/mol. The van der Waals surface area contributed by atoms with E-state index in [0.29, 0.717) is 0 Å². The van der Waals surface area contributed by atoms with E-state index < -0.39 is 0 Å². The monoisotopic (exact) mass is 383 g/mol. The second kappa shape index (κ2) is 6.81. The van der Waals surface area contributed by atoms with Gasteiger partial charge in [-0.1, -0.05) is 30.7 Å². The highest BCUT2D eigenvalue weighted by molar-refractivity contribution is 5.63. The Hall–Kier alpha value is -3.54. The molecule has 29 heavy (non-hydrogen) atoms. The molecule has 1 saturated carbocycles. The number of oxazole rings is 1. The van der Waals surface area contributed by atoms with Gasteiger partial charge in [-0.2, -0.15) is 0 Å². The minimum atomic E-state index is -0.160. The molecule has 0 saturated heterocycles. The lowest BCUT2D eigenvalue weighted by molar-refractivity contribution is 0.241. The maximum atomic E-state index is 6.21. The van der Waals surface area contributed by atoms with E-state index in [2.05, 4.69) is 44.2 Å². The van der Waals surface area contributed by atoms with Gasteiger partial charge in [0.25, 0.3) is 0 Å². The van der Waals surface area contributed by atoms with E-state index in [1.165, 1.54) is 5.56 Å². The summed E-state index contributed by atoms with van der Waals surface area (Å²) in [6.07, 6.45) is 10.3. The molecule has 0 spiro atoms. The van der Waals surface area contributed by atoms with Crippen LogP contribution in [-0.4, -0.2) is 19.9 Å². The van der Waals surface area contributed by atoms with Crippen molar-refractivity contribution in [3.8, 4) is 22.5 Å². The fraction of sp³-hybridized carbons (Fsp3) is 0.217. The van der Waals surface area contributed by atoms with Crippen molar-refractivity contribution in [2.75, 3.05) is 5.73 Å². The van der Waals surface area contributed by atoms with Gasteiger partial charge in [-0.3, -0.25) is 4.98 Å². The van der Waals surface area contributed by atoms with E-state index >= 15 is 0 Å². The second-order valence-electron chi connectivity index (χ2n) is 7.56. The van der Waals surface area contributed by atoms with E-state index in [0.717, 1.165) is 53.3 Å². The molecule has 0 radical (unpaired) electrons. The number of nitrogen functional groups attached to an aromatic ring is 1. The van der Waals surface area contributed by atoms with Gasteiger partial charge in [-0.05, 0) is 43.0 Å². The zero-order valence-electron chi connectivity index (χ0n) is 16.2. The normalized spacial score (nSPS) is 15.1. The number of nitrogens with two attached hydrogens (primary N) is 1. The van der Waals surface area contributed by atoms with Crippen LogP contribution < -0.4 is 5.73 Å². The molecule has 1 aromatic carbocycles. The van der Waals surface area contributed by atoms with Crippen LogP contribution in [0.3, 0.4) is 0 Å². The third kappa shape index (κ3) is 3.06. The third-order valence-corrected chi connectivity index (χ3v) is 5.76. The van der Waals surface area contributed by atoms with Crippen LogP contribution in [0.5, 0.6) is 0 Å². The van der Waals surface area contributed by atoms with Crippen LogP contribution in [0.15, 0.2) is 65.6 Å². The van der Waals surface area contributed by atoms with E-state index in [1.54, 1.807) is 12.4 Å². The predicted octanol–water partition coefficient (Wildman–Crippen LogP) is 4.55. The first kappa shape index (κ1) is 17.6. The van der Waals surface area contributed by atoms with Gasteiger partial charge >= 0.3 is 0 Å². The number of nitrogens with zero attached hydrogens (tertiary/aromatic N) is 4. The summed E-state index contributed by atoms with van der Waals surface area (Å²) in [5.74, 6) is 1.82. The molecule has 5 rings (SSSR count). The van der Waals surface area contributed by atoms with Crippen molar-refractivity contribution in [2.24, 2.45) is 0 Å². The van der Waals surface area contributed by atoms with Crippen molar-refractivity contribution < 1.29 is 4.42 Å². The van der Waals surface area contributed by atoms with Crippen LogP contribution in [0.2, 0.25) is 0 Å². The highest BCUT2D eigenvalue weighted by Crippen LogP contribution is 2.49. The smallest absolute Gasteiger partial charge is 0.219 e. The van der Waals surface area contributed by atoms with Gasteiger partial charge in [0.05, 0.1) is 11.6 Å². The molecule has 3 heterocycles. The van der Waals surface area contributed by atoms with Crippen LogP contribution in [-0.2, 0) is 5.41 Å². The molecule has 144 valence electrons. The van der Waals surface area contributed by atoms with Crippen molar-refractivity contribution in [1.29, 1.82) is 0 Å². The summed E-state index contributed by atoms with van der Waals surface area (Å²) < 4.78 is 6.21. The Morgan fingerprint density at radius 2 is 1.48 bits per heavy atom. The number of benzene rings is 1. The SMILES string of the molecule is Cc1ccc(-c2cnc(C3(c4ccc(-c5cnc(N)nc5)cc4)CCC3)o2)cn1. The maximum Gasteiger partial charge on any atom is 0.219 e. The molecule has 0 bridgehead atoms. The van der Waals surface area contributed by atoms with E-state index in [4.69, 9.17) is 10.2 Å². The summed E-state index contributed by atoms with van der Waals surface area (Å²) >= 11 is 0. The molecular weight excluding hydrogens is 362 g/mol. The molecule has 1 fully saturated rings. The molecule has 4 aromatic rings. The molecule has 2 N–H and O–H groups in total. The van der Waals surface area contributed by atoms with Gasteiger partial charge in [0.1, 0.15) is 0 Å². The second-order valence-corrected chi connectivity index (χ2v) is 7.56. The highest BCUT2D eigenvalue weighted by Gasteiger charge is 2.44. The summed E-state index contributed by atoms with van der Waals surface area (Å²) in [7, 11) is 0. The minimum absolute atomic E-state index is 0.160. The summed E-state index contributed by atoms with van der Waals surface area (Å²) in [5, 5.41) is 0. The summed E-state index contributed by atoms with van der Waals surface area (Å²) in [6, 6.07) is 12.5. The quantitative estimate of drug-likeness (QED) is 0.556. The van der Waals surface area contributed by atoms with Gasteiger partial charge in [0.2, 0.25) is 11.8 Å². The van der Waals surface area contributed by atoms with Crippen LogP contribution in [0, 0.1) is 6.92 Å². The average Bonchev–Trinajstić information content (AvgIpc) is 3.19. The molecule has 0 aliphatic heterocycles. The molecular formula is C23H21N5O. The average molecular weight is 383 g/mol. The number of pyridine rings is 1. The first-order valence-electron chi connectivity index (χ1n) is 9.72. The van der Waals surface area contributed by atoms with Gasteiger partial charge < -0.3 is 10.2 Å². The van der Waals surface area contributed by atoms with Gasteiger partial charge in [0, 0.05) is 35.4 Å². The Kier molecular flexibility index (Phi) is 4.12. The van der Waals surface area contributed by atoms with E-state index in [-0.39, 0.29) is 11.4 Å². The fourth-order valence-corrected chi connectivity index (χ4v) is 3.87. The number of anilines is 1. The Bertz CT molecular complexity index is 1130. The third-order valence-electron chi connectivity index (χ3n) is 5.76. The molecule has 6 heteroatoms. The zero-order chi connectivity index (χ0) is 19.8. The standard InChI is InChI=1S/C23H21N5O/c1-15-3-4-17(11-25-15)20-14-26-21(29-20)23(9-2-10-23)19-7-5-16(6-8-19)18-12-27-22(24)28-13-18/h3-8,11-14H,2,9-10H2,1H3,(H2,24,27,28). The first-order valence-corrected chi connectivity index (χ1v) is 9.72. The van der Waals surface area contributed by atoms with Crippen molar-refractivity contribution in [1.82, 2.24) is 19.9 Å².